The van der Waals surface area contributed by atoms with Crippen LogP contribution in [0, 0.1) is 0 Å². The van der Waals surface area contributed by atoms with Crippen LogP contribution >= 0.6 is 11.3 Å². The smallest absolute Gasteiger partial charge is 0.296 e. The lowest BCUT2D eigenvalue weighted by Crippen LogP contribution is -2.15. The Balaban J connectivity index is 1.39. The summed E-state index contributed by atoms with van der Waals surface area (Å²) >= 11 is 1.54. The number of para-hydroxylation sites is 1. The lowest BCUT2D eigenvalue weighted by molar-refractivity contribution is 0.101. The van der Waals surface area contributed by atoms with Crippen molar-refractivity contribution in [3.8, 4) is 16.4 Å². The molecule has 31 heavy (non-hydrogen) atoms. The van der Waals surface area contributed by atoms with Crippen LogP contribution in [0.3, 0.4) is 0 Å². The number of carbonyl (C=O) groups excluding carboxylic acids is 1. The van der Waals surface area contributed by atoms with E-state index < -0.39 is 5.91 Å². The van der Waals surface area contributed by atoms with E-state index in [4.69, 9.17) is 0 Å². The summed E-state index contributed by atoms with van der Waals surface area (Å²) in [6, 6.07) is 19.1. The fourth-order valence-corrected chi connectivity index (χ4v) is 3.79. The lowest BCUT2D eigenvalue weighted by atomic mass is 10.3. The Labute approximate surface area is 181 Å². The molecule has 0 fully saturated rings. The number of hydrogen-bond donors (Lipinski definition) is 1. The zero-order valence-corrected chi connectivity index (χ0v) is 17.1. The van der Waals surface area contributed by atoms with E-state index in [-0.39, 0.29) is 5.82 Å². The summed E-state index contributed by atoms with van der Waals surface area (Å²) in [6.45, 7) is 0.563. The van der Waals surface area contributed by atoms with Crippen molar-refractivity contribution < 1.29 is 4.79 Å². The minimum absolute atomic E-state index is 0.0778. The normalized spacial score (nSPS) is 10.8. The minimum Gasteiger partial charge on any atom is -0.302 e. The Morgan fingerprint density at radius 1 is 1.00 bits per heavy atom. The van der Waals surface area contributed by atoms with Crippen LogP contribution in [0.1, 0.15) is 16.2 Å². The van der Waals surface area contributed by atoms with Gasteiger partial charge in [0.2, 0.25) is 5.82 Å². The molecule has 0 atom stereocenters. The number of rotatable bonds is 6. The highest BCUT2D eigenvalue weighted by Crippen LogP contribution is 2.25. The molecule has 0 saturated carbocycles. The van der Waals surface area contributed by atoms with Crippen molar-refractivity contribution >= 4 is 23.1 Å². The molecule has 8 nitrogen and oxygen atoms in total. The first-order valence-electron chi connectivity index (χ1n) is 9.56. The molecular weight excluding hydrogens is 410 g/mol. The number of thiophene rings is 1. The molecule has 0 saturated heterocycles. The monoisotopic (exact) mass is 427 g/mol. The van der Waals surface area contributed by atoms with E-state index in [0.717, 1.165) is 16.1 Å². The fourth-order valence-electron chi connectivity index (χ4n) is 3.09. The van der Waals surface area contributed by atoms with Crippen LogP contribution in [0.15, 0.2) is 84.6 Å². The second kappa shape index (κ2) is 8.33. The van der Waals surface area contributed by atoms with Crippen molar-refractivity contribution in [3.05, 3.63) is 96.0 Å². The van der Waals surface area contributed by atoms with E-state index in [1.165, 1.54) is 0 Å². The Kier molecular flexibility index (Phi) is 5.07. The van der Waals surface area contributed by atoms with Gasteiger partial charge in [-0.15, -0.1) is 16.4 Å². The Morgan fingerprint density at radius 3 is 2.68 bits per heavy atom. The van der Waals surface area contributed by atoms with Gasteiger partial charge in [-0.3, -0.25) is 14.5 Å². The van der Waals surface area contributed by atoms with Gasteiger partial charge in [-0.05, 0) is 35.2 Å². The van der Waals surface area contributed by atoms with Crippen LogP contribution < -0.4 is 5.32 Å². The molecule has 5 rings (SSSR count). The molecule has 4 aromatic heterocycles. The van der Waals surface area contributed by atoms with Crippen LogP contribution in [-0.4, -0.2) is 35.4 Å². The van der Waals surface area contributed by atoms with Gasteiger partial charge in [0, 0.05) is 24.7 Å². The molecule has 0 bridgehead atoms. The number of carbonyl (C=O) groups is 1. The average molecular weight is 427 g/mol. The number of amides is 1. The Morgan fingerprint density at radius 2 is 1.90 bits per heavy atom. The van der Waals surface area contributed by atoms with Crippen molar-refractivity contribution in [2.45, 2.75) is 6.54 Å². The third-order valence-electron chi connectivity index (χ3n) is 4.50. The highest BCUT2D eigenvalue weighted by atomic mass is 32.1. The second-order valence-electron chi connectivity index (χ2n) is 6.70. The first-order chi connectivity index (χ1) is 15.3. The summed E-state index contributed by atoms with van der Waals surface area (Å²) in [6.07, 6.45) is 5.31. The fraction of sp³-hybridized carbons (Fsp3) is 0.0455. The molecule has 1 amide bonds. The van der Waals surface area contributed by atoms with E-state index in [9.17, 15) is 4.79 Å². The molecule has 0 aliphatic rings. The van der Waals surface area contributed by atoms with Crippen molar-refractivity contribution in [2.24, 2.45) is 0 Å². The molecule has 1 aromatic carbocycles. The molecule has 0 spiro atoms. The zero-order chi connectivity index (χ0) is 21.0. The average Bonchev–Trinajstić information content (AvgIpc) is 3.56. The summed E-state index contributed by atoms with van der Waals surface area (Å²) in [7, 11) is 0. The van der Waals surface area contributed by atoms with Crippen molar-refractivity contribution in [3.63, 3.8) is 0 Å². The number of anilines is 1. The van der Waals surface area contributed by atoms with Crippen LogP contribution in [0.5, 0.6) is 0 Å². The number of nitrogens with one attached hydrogen (secondary N) is 1. The topological polar surface area (TPSA) is 90.5 Å². The van der Waals surface area contributed by atoms with Crippen LogP contribution in [-0.2, 0) is 6.54 Å². The molecule has 4 heterocycles. The van der Waals surface area contributed by atoms with E-state index in [1.807, 2.05) is 60.0 Å². The highest BCUT2D eigenvalue weighted by molar-refractivity contribution is 7.13. The van der Waals surface area contributed by atoms with Gasteiger partial charge in [0.1, 0.15) is 0 Å². The summed E-state index contributed by atoms with van der Waals surface area (Å²) < 4.78 is 3.42. The third kappa shape index (κ3) is 4.12. The van der Waals surface area contributed by atoms with E-state index in [1.54, 1.807) is 45.4 Å². The third-order valence-corrected chi connectivity index (χ3v) is 5.37. The van der Waals surface area contributed by atoms with Crippen LogP contribution in [0.25, 0.3) is 16.4 Å². The largest absolute Gasteiger partial charge is 0.302 e. The molecule has 0 aliphatic heterocycles. The maximum absolute atomic E-state index is 12.8. The van der Waals surface area contributed by atoms with Crippen LogP contribution in [0.2, 0.25) is 0 Å². The molecule has 9 heteroatoms. The summed E-state index contributed by atoms with van der Waals surface area (Å²) in [5.41, 5.74) is 1.85. The predicted molar refractivity (Wildman–Crippen MR) is 118 cm³/mol. The lowest BCUT2D eigenvalue weighted by Gasteiger charge is -2.03. The van der Waals surface area contributed by atoms with Gasteiger partial charge in [-0.2, -0.15) is 5.10 Å². The van der Waals surface area contributed by atoms with E-state index in [2.05, 4.69) is 25.5 Å². The first kappa shape index (κ1) is 18.9. The summed E-state index contributed by atoms with van der Waals surface area (Å²) in [4.78, 5) is 22.4. The quantitative estimate of drug-likeness (QED) is 0.444. The van der Waals surface area contributed by atoms with Gasteiger partial charge >= 0.3 is 0 Å². The molecular formula is C22H17N7OS. The minimum atomic E-state index is -0.417. The molecule has 0 unspecified atom stereocenters. The van der Waals surface area contributed by atoms with Crippen LogP contribution in [0.4, 0.5) is 5.82 Å². The van der Waals surface area contributed by atoms with Crippen molar-refractivity contribution in [1.29, 1.82) is 0 Å². The number of nitrogens with zero attached hydrogens (tertiary/aromatic N) is 6. The molecule has 5 aromatic rings. The number of benzene rings is 1. The number of pyridine rings is 1. The van der Waals surface area contributed by atoms with Gasteiger partial charge < -0.3 is 5.32 Å². The second-order valence-corrected chi connectivity index (χ2v) is 7.65. The predicted octanol–water partition coefficient (Wildman–Crippen LogP) is 3.89. The summed E-state index contributed by atoms with van der Waals surface area (Å²) in [5.74, 6) is 0.712. The van der Waals surface area contributed by atoms with Gasteiger partial charge in [0.15, 0.2) is 11.6 Å². The highest BCUT2D eigenvalue weighted by Gasteiger charge is 2.20. The van der Waals surface area contributed by atoms with Crippen molar-refractivity contribution in [1.82, 2.24) is 29.5 Å². The van der Waals surface area contributed by atoms with E-state index >= 15 is 0 Å². The van der Waals surface area contributed by atoms with E-state index in [0.29, 0.717) is 18.2 Å². The number of hydrogen-bond acceptors (Lipinski definition) is 6. The van der Waals surface area contributed by atoms with Gasteiger partial charge in [-0.1, -0.05) is 30.3 Å². The maximum atomic E-state index is 12.8. The maximum Gasteiger partial charge on any atom is 0.296 e. The standard InChI is InChI=1S/C22H17N7OS/c30-22(24-19-10-12-28(26-19)15-16-6-4-11-23-14-16)20-25-21(18-9-5-13-31-18)29(27-20)17-7-2-1-3-8-17/h1-14H,15H2,(H,24,26,30). The Hall–Kier alpha value is -4.11. The molecule has 0 aliphatic carbocycles. The summed E-state index contributed by atoms with van der Waals surface area (Å²) in [5, 5.41) is 13.6. The SMILES string of the molecule is O=C(Nc1ccn(Cc2cccnc2)n1)c1nc(-c2cccs2)n(-c2ccccc2)n1. The first-order valence-corrected chi connectivity index (χ1v) is 10.4. The number of aromatic nitrogens is 6. The van der Waals surface area contributed by atoms with Gasteiger partial charge in [-0.25, -0.2) is 9.67 Å². The van der Waals surface area contributed by atoms with Gasteiger partial charge in [0.25, 0.3) is 5.91 Å². The van der Waals surface area contributed by atoms with Gasteiger partial charge in [0.05, 0.1) is 17.1 Å². The molecule has 1 N–H and O–H groups in total. The molecule has 0 radical (unpaired) electrons. The Bertz CT molecular complexity index is 1290. The zero-order valence-electron chi connectivity index (χ0n) is 16.3. The van der Waals surface area contributed by atoms with Crippen molar-refractivity contribution in [2.75, 3.05) is 5.32 Å². The molecule has 152 valence electrons.